The van der Waals surface area contributed by atoms with Crippen LogP contribution < -0.4 is 5.32 Å². The van der Waals surface area contributed by atoms with Crippen LogP contribution in [0.5, 0.6) is 0 Å². The summed E-state index contributed by atoms with van der Waals surface area (Å²) in [5.41, 5.74) is 2.42. The Hall–Kier alpha value is -1.56. The molecular formula is C15H17BrN2O3. The molecular weight excluding hydrogens is 336 g/mol. The smallest absolute Gasteiger partial charge is 0.317 e. The van der Waals surface area contributed by atoms with Gasteiger partial charge in [0.2, 0.25) is 0 Å². The lowest BCUT2D eigenvalue weighted by Crippen LogP contribution is -2.40. The fourth-order valence-electron chi connectivity index (χ4n) is 3.15. The molecule has 0 bridgehead atoms. The molecule has 112 valence electrons. The number of likely N-dealkylation sites (tertiary alicyclic amines) is 1. The minimum absolute atomic E-state index is 0.0221. The molecule has 2 atom stereocenters. The number of carbonyl (C=O) groups excluding carboxylic acids is 1. The number of carboxylic acids is 1. The second-order valence-corrected chi connectivity index (χ2v) is 6.47. The van der Waals surface area contributed by atoms with Gasteiger partial charge in [-0.15, -0.1) is 0 Å². The van der Waals surface area contributed by atoms with Crippen molar-refractivity contribution in [2.45, 2.75) is 25.3 Å². The number of nitrogens with one attached hydrogen (secondary N) is 1. The minimum atomic E-state index is -0.819. The van der Waals surface area contributed by atoms with E-state index in [0.29, 0.717) is 19.5 Å². The number of amides is 2. The zero-order chi connectivity index (χ0) is 15.0. The first kappa shape index (κ1) is 14.4. The minimum Gasteiger partial charge on any atom is -0.481 e. The Bertz CT molecular complexity index is 590. The molecule has 0 radical (unpaired) electrons. The van der Waals surface area contributed by atoms with Crippen molar-refractivity contribution < 1.29 is 14.7 Å². The van der Waals surface area contributed by atoms with Crippen LogP contribution in [0.3, 0.4) is 0 Å². The Morgan fingerprint density at radius 2 is 2.14 bits per heavy atom. The third kappa shape index (κ3) is 2.77. The average Bonchev–Trinajstić information content (AvgIpc) is 3.07. The first-order valence-corrected chi connectivity index (χ1v) is 7.91. The van der Waals surface area contributed by atoms with Crippen molar-refractivity contribution in [1.82, 2.24) is 10.2 Å². The topological polar surface area (TPSA) is 69.6 Å². The third-order valence-electron chi connectivity index (χ3n) is 4.34. The first-order valence-electron chi connectivity index (χ1n) is 7.12. The van der Waals surface area contributed by atoms with Gasteiger partial charge in [0.15, 0.2) is 0 Å². The van der Waals surface area contributed by atoms with Crippen LogP contribution in [-0.4, -0.2) is 35.1 Å². The number of hydrogen-bond donors (Lipinski definition) is 2. The number of hydrogen-bond acceptors (Lipinski definition) is 2. The Balaban J connectivity index is 1.65. The fourth-order valence-corrected chi connectivity index (χ4v) is 3.73. The summed E-state index contributed by atoms with van der Waals surface area (Å²) in [6.45, 7) is 0.820. The summed E-state index contributed by atoms with van der Waals surface area (Å²) in [7, 11) is 0. The molecule has 5 nitrogen and oxygen atoms in total. The van der Waals surface area contributed by atoms with Gasteiger partial charge in [-0.1, -0.05) is 28.1 Å². The normalized spacial score (nSPS) is 24.0. The molecule has 2 unspecified atom stereocenters. The summed E-state index contributed by atoms with van der Waals surface area (Å²) in [6.07, 6.45) is 2.37. The van der Waals surface area contributed by atoms with Crippen molar-refractivity contribution >= 4 is 27.9 Å². The molecule has 0 aromatic heterocycles. The summed E-state index contributed by atoms with van der Waals surface area (Å²) in [5, 5.41) is 12.0. The van der Waals surface area contributed by atoms with Crippen LogP contribution in [0.2, 0.25) is 0 Å². The van der Waals surface area contributed by atoms with E-state index in [0.717, 1.165) is 22.9 Å². The molecule has 0 spiro atoms. The van der Waals surface area contributed by atoms with Crippen LogP contribution in [0.25, 0.3) is 0 Å². The summed E-state index contributed by atoms with van der Waals surface area (Å²) < 4.78 is 1.09. The zero-order valence-electron chi connectivity index (χ0n) is 11.5. The predicted octanol–water partition coefficient (Wildman–Crippen LogP) is 2.55. The van der Waals surface area contributed by atoms with Gasteiger partial charge >= 0.3 is 12.0 Å². The number of rotatable bonds is 2. The molecule has 1 aromatic carbocycles. The van der Waals surface area contributed by atoms with E-state index in [-0.39, 0.29) is 12.1 Å². The van der Waals surface area contributed by atoms with Gasteiger partial charge in [0.25, 0.3) is 0 Å². The molecule has 0 saturated carbocycles. The molecule has 1 aromatic rings. The number of carboxylic acid groups (broad SMARTS) is 1. The molecule has 6 heteroatoms. The monoisotopic (exact) mass is 352 g/mol. The Morgan fingerprint density at radius 3 is 2.86 bits per heavy atom. The van der Waals surface area contributed by atoms with E-state index in [1.54, 1.807) is 4.90 Å². The van der Waals surface area contributed by atoms with Gasteiger partial charge < -0.3 is 15.3 Å². The summed E-state index contributed by atoms with van der Waals surface area (Å²) in [4.78, 5) is 24.8. The van der Waals surface area contributed by atoms with Crippen molar-refractivity contribution in [3.05, 3.63) is 33.8 Å². The van der Waals surface area contributed by atoms with E-state index in [2.05, 4.69) is 21.2 Å². The third-order valence-corrected chi connectivity index (χ3v) is 5.08. The number of urea groups is 1. The lowest BCUT2D eigenvalue weighted by Gasteiger charge is -2.21. The molecule has 2 N–H and O–H groups in total. The Kier molecular flexibility index (Phi) is 3.89. The zero-order valence-corrected chi connectivity index (χ0v) is 13.1. The summed E-state index contributed by atoms with van der Waals surface area (Å²) in [5.74, 6) is -1.25. The molecule has 2 amide bonds. The molecule has 21 heavy (non-hydrogen) atoms. The number of benzene rings is 1. The van der Waals surface area contributed by atoms with Gasteiger partial charge in [0.1, 0.15) is 0 Å². The van der Waals surface area contributed by atoms with Crippen LogP contribution in [0.1, 0.15) is 30.0 Å². The maximum absolute atomic E-state index is 12.3. The van der Waals surface area contributed by atoms with Crippen molar-refractivity contribution in [2.24, 2.45) is 5.92 Å². The molecule has 1 aliphatic carbocycles. The standard InChI is InChI=1S/C15H17BrN2O3/c16-12-3-1-2-11-10(12)4-5-13(11)17-15(21)18-7-6-9(8-18)14(19)20/h1-3,9,13H,4-8H2,(H,17,21)(H,19,20). The van der Waals surface area contributed by atoms with E-state index in [9.17, 15) is 9.59 Å². The van der Waals surface area contributed by atoms with Crippen molar-refractivity contribution in [3.8, 4) is 0 Å². The highest BCUT2D eigenvalue weighted by molar-refractivity contribution is 9.10. The van der Waals surface area contributed by atoms with Crippen LogP contribution in [-0.2, 0) is 11.2 Å². The van der Waals surface area contributed by atoms with Gasteiger partial charge in [0.05, 0.1) is 12.0 Å². The Labute approximate surface area is 131 Å². The van der Waals surface area contributed by atoms with Crippen LogP contribution in [0.4, 0.5) is 4.79 Å². The highest BCUT2D eigenvalue weighted by Crippen LogP contribution is 2.35. The maximum Gasteiger partial charge on any atom is 0.317 e. The maximum atomic E-state index is 12.3. The quantitative estimate of drug-likeness (QED) is 0.859. The molecule has 2 aliphatic rings. The number of aliphatic carboxylic acids is 1. The van der Waals surface area contributed by atoms with E-state index in [4.69, 9.17) is 5.11 Å². The van der Waals surface area contributed by atoms with Crippen LogP contribution in [0, 0.1) is 5.92 Å². The fraction of sp³-hybridized carbons (Fsp3) is 0.467. The van der Waals surface area contributed by atoms with Crippen molar-refractivity contribution in [2.75, 3.05) is 13.1 Å². The molecule has 1 saturated heterocycles. The van der Waals surface area contributed by atoms with Gasteiger partial charge in [-0.2, -0.15) is 0 Å². The highest BCUT2D eigenvalue weighted by Gasteiger charge is 2.33. The van der Waals surface area contributed by atoms with Crippen molar-refractivity contribution in [1.29, 1.82) is 0 Å². The van der Waals surface area contributed by atoms with E-state index < -0.39 is 11.9 Å². The SMILES string of the molecule is O=C(O)C1CCN(C(=O)NC2CCc3c(Br)cccc32)C1. The second kappa shape index (κ2) is 5.67. The summed E-state index contributed by atoms with van der Waals surface area (Å²) in [6, 6.07) is 5.90. The molecule has 1 heterocycles. The lowest BCUT2D eigenvalue weighted by molar-refractivity contribution is -0.141. The first-order chi connectivity index (χ1) is 10.1. The van der Waals surface area contributed by atoms with Gasteiger partial charge in [0, 0.05) is 17.6 Å². The number of nitrogens with zero attached hydrogens (tertiary/aromatic N) is 1. The molecule has 1 aliphatic heterocycles. The van der Waals surface area contributed by atoms with E-state index >= 15 is 0 Å². The molecule has 3 rings (SSSR count). The average molecular weight is 353 g/mol. The second-order valence-electron chi connectivity index (χ2n) is 5.62. The van der Waals surface area contributed by atoms with Gasteiger partial charge in [-0.3, -0.25) is 4.79 Å². The summed E-state index contributed by atoms with van der Waals surface area (Å²) >= 11 is 3.54. The lowest BCUT2D eigenvalue weighted by atomic mass is 10.1. The van der Waals surface area contributed by atoms with E-state index in [1.165, 1.54) is 5.56 Å². The molecule has 1 fully saturated rings. The van der Waals surface area contributed by atoms with Crippen molar-refractivity contribution in [3.63, 3.8) is 0 Å². The number of fused-ring (bicyclic) bond motifs is 1. The Morgan fingerprint density at radius 1 is 1.33 bits per heavy atom. The van der Waals surface area contributed by atoms with Gasteiger partial charge in [-0.05, 0) is 36.5 Å². The predicted molar refractivity (Wildman–Crippen MR) is 81.1 cm³/mol. The van der Waals surface area contributed by atoms with E-state index in [1.807, 2.05) is 18.2 Å². The van der Waals surface area contributed by atoms with Crippen LogP contribution >= 0.6 is 15.9 Å². The van der Waals surface area contributed by atoms with Crippen LogP contribution in [0.15, 0.2) is 22.7 Å². The largest absolute Gasteiger partial charge is 0.481 e. The number of carbonyl (C=O) groups is 2. The number of halogens is 1. The van der Waals surface area contributed by atoms with Gasteiger partial charge in [-0.25, -0.2) is 4.79 Å². The highest BCUT2D eigenvalue weighted by atomic mass is 79.9.